The van der Waals surface area contributed by atoms with Gasteiger partial charge in [-0.3, -0.25) is 10.1 Å². The number of halogens is 4. The molecule has 0 bridgehead atoms. The highest BCUT2D eigenvalue weighted by molar-refractivity contribution is 9.10. The number of amides is 1. The maximum Gasteiger partial charge on any atom is 0.252 e. The van der Waals surface area contributed by atoms with Gasteiger partial charge in [-0.05, 0) is 30.7 Å². The van der Waals surface area contributed by atoms with Crippen LogP contribution in [0.25, 0.3) is 0 Å². The molecule has 1 aliphatic heterocycles. The van der Waals surface area contributed by atoms with E-state index in [4.69, 9.17) is 34.8 Å². The van der Waals surface area contributed by atoms with Crippen molar-refractivity contribution < 1.29 is 13.2 Å². The third kappa shape index (κ3) is 5.76. The number of benzene rings is 1. The molecule has 2 atom stereocenters. The first-order valence-electron chi connectivity index (χ1n) is 6.66. The first-order chi connectivity index (χ1) is 10.6. The summed E-state index contributed by atoms with van der Waals surface area (Å²) in [5.41, 5.74) is 0.397. The van der Waals surface area contributed by atoms with Crippen molar-refractivity contribution in [1.29, 1.82) is 0 Å². The van der Waals surface area contributed by atoms with Gasteiger partial charge in [0, 0.05) is 16.1 Å². The smallest absolute Gasteiger partial charge is 0.252 e. The van der Waals surface area contributed by atoms with E-state index in [-0.39, 0.29) is 17.5 Å². The molecule has 0 radical (unpaired) electrons. The number of sulfone groups is 1. The van der Waals surface area contributed by atoms with Gasteiger partial charge >= 0.3 is 0 Å². The molecule has 1 saturated heterocycles. The Morgan fingerprint density at radius 1 is 1.26 bits per heavy atom. The largest absolute Gasteiger partial charge is 0.333 e. The molecular weight excluding hydrogens is 450 g/mol. The van der Waals surface area contributed by atoms with Crippen molar-refractivity contribution in [2.75, 3.05) is 11.5 Å². The number of nitrogens with one attached hydrogen (secondary N) is 2. The summed E-state index contributed by atoms with van der Waals surface area (Å²) in [7, 11) is -3.08. The van der Waals surface area contributed by atoms with Crippen LogP contribution in [-0.2, 0) is 9.84 Å². The van der Waals surface area contributed by atoms with E-state index in [9.17, 15) is 13.2 Å². The molecule has 1 amide bonds. The standard InChI is InChI=1S/C13H14BrCl3N2O3S/c14-9-3-1-8(2-4-9)11(20)19-12(13(15,16)17)18-10-5-6-23(21,22)7-10/h1-4,10,12,18H,5-7H2,(H,19,20)/t10-,12+/m0/s1. The minimum absolute atomic E-state index is 0.0433. The lowest BCUT2D eigenvalue weighted by atomic mass is 10.2. The van der Waals surface area contributed by atoms with Crippen molar-refractivity contribution in [3.05, 3.63) is 34.3 Å². The molecule has 2 rings (SSSR count). The fourth-order valence-electron chi connectivity index (χ4n) is 2.20. The van der Waals surface area contributed by atoms with Crippen LogP contribution in [0.5, 0.6) is 0 Å². The Balaban J connectivity index is 2.07. The Kier molecular flexibility index (Phi) is 6.25. The zero-order chi connectivity index (χ0) is 17.3. The normalized spacial score (nSPS) is 21.8. The molecule has 0 saturated carbocycles. The monoisotopic (exact) mass is 462 g/mol. The number of alkyl halides is 3. The minimum Gasteiger partial charge on any atom is -0.333 e. The van der Waals surface area contributed by atoms with E-state index >= 15 is 0 Å². The lowest BCUT2D eigenvalue weighted by Crippen LogP contribution is -2.56. The summed E-state index contributed by atoms with van der Waals surface area (Å²) in [6, 6.07) is 6.31. The van der Waals surface area contributed by atoms with Crippen LogP contribution >= 0.6 is 50.7 Å². The first kappa shape index (κ1) is 19.3. The van der Waals surface area contributed by atoms with Crippen molar-refractivity contribution in [2.24, 2.45) is 0 Å². The second-order valence-electron chi connectivity index (χ2n) is 5.22. The van der Waals surface area contributed by atoms with Gasteiger partial charge in [-0.25, -0.2) is 8.42 Å². The van der Waals surface area contributed by atoms with E-state index < -0.39 is 25.7 Å². The van der Waals surface area contributed by atoms with Crippen LogP contribution in [0.4, 0.5) is 0 Å². The van der Waals surface area contributed by atoms with Crippen molar-refractivity contribution in [3.63, 3.8) is 0 Å². The molecule has 1 aromatic rings. The third-order valence-electron chi connectivity index (χ3n) is 3.34. The number of carbonyl (C=O) groups is 1. The summed E-state index contributed by atoms with van der Waals surface area (Å²) < 4.78 is 22.0. The summed E-state index contributed by atoms with van der Waals surface area (Å²) >= 11 is 21.0. The predicted octanol–water partition coefficient (Wildman–Crippen LogP) is 2.65. The average molecular weight is 465 g/mol. The molecule has 1 aliphatic rings. The molecule has 0 spiro atoms. The van der Waals surface area contributed by atoms with E-state index in [0.29, 0.717) is 12.0 Å². The quantitative estimate of drug-likeness (QED) is 0.531. The lowest BCUT2D eigenvalue weighted by Gasteiger charge is -2.29. The lowest BCUT2D eigenvalue weighted by molar-refractivity contribution is 0.0927. The van der Waals surface area contributed by atoms with Crippen molar-refractivity contribution in [3.8, 4) is 0 Å². The Morgan fingerprint density at radius 3 is 2.35 bits per heavy atom. The molecule has 0 unspecified atom stereocenters. The molecule has 1 heterocycles. The van der Waals surface area contributed by atoms with Crippen LogP contribution in [0.15, 0.2) is 28.7 Å². The van der Waals surface area contributed by atoms with Crippen LogP contribution in [0, 0.1) is 0 Å². The molecule has 128 valence electrons. The van der Waals surface area contributed by atoms with Crippen LogP contribution in [-0.4, -0.2) is 41.8 Å². The van der Waals surface area contributed by atoms with Crippen molar-refractivity contribution >= 4 is 66.5 Å². The van der Waals surface area contributed by atoms with Gasteiger partial charge in [0.25, 0.3) is 5.91 Å². The van der Waals surface area contributed by atoms with Crippen LogP contribution in [0.2, 0.25) is 0 Å². The minimum atomic E-state index is -3.08. The summed E-state index contributed by atoms with van der Waals surface area (Å²) in [5.74, 6) is -0.391. The van der Waals surface area contributed by atoms with Crippen LogP contribution in [0.3, 0.4) is 0 Å². The Morgan fingerprint density at radius 2 is 1.87 bits per heavy atom. The fourth-order valence-corrected chi connectivity index (χ4v) is 4.50. The molecule has 0 aliphatic carbocycles. The number of hydrogen-bond donors (Lipinski definition) is 2. The van der Waals surface area contributed by atoms with E-state index in [1.165, 1.54) is 0 Å². The molecule has 1 fully saturated rings. The Bertz CT molecular complexity index is 677. The SMILES string of the molecule is O=C(N[C@@H](N[C@H]1CCS(=O)(=O)C1)C(Cl)(Cl)Cl)c1ccc(Br)cc1. The fraction of sp³-hybridized carbons (Fsp3) is 0.462. The van der Waals surface area contributed by atoms with Gasteiger partial charge in [0.05, 0.1) is 11.5 Å². The molecule has 23 heavy (non-hydrogen) atoms. The first-order valence-corrected chi connectivity index (χ1v) is 10.4. The number of hydrogen-bond acceptors (Lipinski definition) is 4. The topological polar surface area (TPSA) is 75.3 Å². The van der Waals surface area contributed by atoms with E-state index in [2.05, 4.69) is 26.6 Å². The summed E-state index contributed by atoms with van der Waals surface area (Å²) in [6.45, 7) is 0. The maximum absolute atomic E-state index is 12.3. The van der Waals surface area contributed by atoms with Crippen LogP contribution in [0.1, 0.15) is 16.8 Å². The average Bonchev–Trinajstić information content (AvgIpc) is 2.77. The van der Waals surface area contributed by atoms with Gasteiger partial charge in [0.2, 0.25) is 3.79 Å². The van der Waals surface area contributed by atoms with Crippen molar-refractivity contribution in [1.82, 2.24) is 10.6 Å². The second-order valence-corrected chi connectivity index (χ2v) is 10.7. The summed E-state index contributed by atoms with van der Waals surface area (Å²) in [4.78, 5) is 12.3. The van der Waals surface area contributed by atoms with Gasteiger partial charge in [0.1, 0.15) is 6.17 Å². The highest BCUT2D eigenvalue weighted by atomic mass is 79.9. The van der Waals surface area contributed by atoms with Crippen LogP contribution < -0.4 is 10.6 Å². The van der Waals surface area contributed by atoms with Gasteiger partial charge in [-0.15, -0.1) is 0 Å². The highest BCUT2D eigenvalue weighted by Gasteiger charge is 2.38. The molecular formula is C13H14BrCl3N2O3S. The van der Waals surface area contributed by atoms with Gasteiger partial charge < -0.3 is 5.32 Å². The Labute approximate surface area is 158 Å². The third-order valence-corrected chi connectivity index (χ3v) is 6.30. The predicted molar refractivity (Wildman–Crippen MR) is 95.9 cm³/mol. The molecule has 1 aromatic carbocycles. The highest BCUT2D eigenvalue weighted by Crippen LogP contribution is 2.30. The van der Waals surface area contributed by atoms with E-state index in [0.717, 1.165) is 4.47 Å². The summed E-state index contributed by atoms with van der Waals surface area (Å²) in [5, 5.41) is 5.50. The molecule has 5 nitrogen and oxygen atoms in total. The van der Waals surface area contributed by atoms with Crippen molar-refractivity contribution in [2.45, 2.75) is 22.4 Å². The van der Waals surface area contributed by atoms with Gasteiger partial charge in [-0.1, -0.05) is 50.7 Å². The number of carbonyl (C=O) groups excluding carboxylic acids is 1. The maximum atomic E-state index is 12.3. The van der Waals surface area contributed by atoms with Gasteiger partial charge in [-0.2, -0.15) is 0 Å². The molecule has 10 heteroatoms. The van der Waals surface area contributed by atoms with E-state index in [1.807, 2.05) is 0 Å². The molecule has 0 aromatic heterocycles. The van der Waals surface area contributed by atoms with Gasteiger partial charge in [0.15, 0.2) is 9.84 Å². The Hall–Kier alpha value is -0.0500. The second kappa shape index (κ2) is 7.45. The zero-order valence-electron chi connectivity index (χ0n) is 11.7. The number of rotatable bonds is 4. The molecule has 2 N–H and O–H groups in total. The van der Waals surface area contributed by atoms with E-state index in [1.54, 1.807) is 24.3 Å². The zero-order valence-corrected chi connectivity index (χ0v) is 16.4. The summed E-state index contributed by atoms with van der Waals surface area (Å²) in [6.07, 6.45) is -0.602.